The van der Waals surface area contributed by atoms with E-state index in [0.717, 1.165) is 5.56 Å². The average Bonchev–Trinajstić information content (AvgIpc) is 2.40. The largest absolute Gasteiger partial charge is 0.399 e. The molecule has 18 heavy (non-hydrogen) atoms. The molecule has 0 unspecified atom stereocenters. The lowest BCUT2D eigenvalue weighted by Crippen LogP contribution is -2.22. The van der Waals surface area contributed by atoms with Crippen molar-refractivity contribution in [3.8, 4) is 0 Å². The van der Waals surface area contributed by atoms with Crippen molar-refractivity contribution in [1.29, 1.82) is 0 Å². The summed E-state index contributed by atoms with van der Waals surface area (Å²) < 4.78 is 0. The molecule has 0 aliphatic carbocycles. The number of nitrogens with one attached hydrogen (secondary N) is 1. The number of rotatable bonds is 5. The summed E-state index contributed by atoms with van der Waals surface area (Å²) in [4.78, 5) is 15.8. The quantitative estimate of drug-likeness (QED) is 0.616. The van der Waals surface area contributed by atoms with Crippen LogP contribution in [0, 0.1) is 0 Å². The van der Waals surface area contributed by atoms with Crippen LogP contribution in [0.5, 0.6) is 0 Å². The van der Waals surface area contributed by atoms with Gasteiger partial charge in [-0.15, -0.1) is 0 Å². The molecule has 0 saturated carbocycles. The number of pyridine rings is 1. The van der Waals surface area contributed by atoms with E-state index >= 15 is 0 Å². The fourth-order valence-electron chi connectivity index (χ4n) is 1.59. The van der Waals surface area contributed by atoms with Crippen LogP contribution in [0.4, 0.5) is 5.69 Å². The fourth-order valence-corrected chi connectivity index (χ4v) is 1.59. The van der Waals surface area contributed by atoms with Crippen molar-refractivity contribution in [2.75, 3.05) is 12.3 Å². The number of hydrogen-bond acceptors (Lipinski definition) is 4. The number of anilines is 1. The van der Waals surface area contributed by atoms with Crippen LogP contribution in [0.3, 0.4) is 0 Å². The zero-order valence-electron chi connectivity index (χ0n) is 9.97. The van der Waals surface area contributed by atoms with E-state index in [1.807, 2.05) is 12.1 Å². The summed E-state index contributed by atoms with van der Waals surface area (Å²) in [7, 11) is 0. The van der Waals surface area contributed by atoms with E-state index in [2.05, 4.69) is 10.3 Å². The molecule has 0 aliphatic rings. The minimum absolute atomic E-state index is 0.0545. The van der Waals surface area contributed by atoms with Gasteiger partial charge in [0, 0.05) is 30.2 Å². The first-order chi connectivity index (χ1) is 8.75. The van der Waals surface area contributed by atoms with E-state index in [0.29, 0.717) is 24.3 Å². The Morgan fingerprint density at radius 2 is 2.00 bits per heavy atom. The van der Waals surface area contributed by atoms with Gasteiger partial charge >= 0.3 is 0 Å². The summed E-state index contributed by atoms with van der Waals surface area (Å²) in [5, 5.41) is 3.09. The fraction of sp³-hybridized carbons (Fsp3) is 0.143. The summed E-state index contributed by atoms with van der Waals surface area (Å²) in [6.45, 7) is 0.938. The minimum Gasteiger partial charge on any atom is -0.399 e. The molecule has 0 aliphatic heterocycles. The highest BCUT2D eigenvalue weighted by Gasteiger charge is 2.04. The summed E-state index contributed by atoms with van der Waals surface area (Å²) in [5.74, 6) is 0.0545. The predicted molar refractivity (Wildman–Crippen MR) is 71.1 cm³/mol. The van der Waals surface area contributed by atoms with Gasteiger partial charge in [-0.05, 0) is 35.9 Å². The first-order valence-corrected chi connectivity index (χ1v) is 5.74. The topological polar surface area (TPSA) is 68.0 Å². The minimum atomic E-state index is 0.0545. The van der Waals surface area contributed by atoms with Crippen LogP contribution in [-0.4, -0.2) is 17.3 Å². The standard InChI is InChI=1S/C14H15N3O/c15-13-5-3-12(4-6-13)14(18)10-17-9-11-2-1-7-16-8-11/h1-8,17H,9-10,15H2. The van der Waals surface area contributed by atoms with Crippen molar-refractivity contribution in [3.05, 3.63) is 59.9 Å². The third-order valence-electron chi connectivity index (χ3n) is 2.57. The Bertz CT molecular complexity index is 508. The predicted octanol–water partition coefficient (Wildman–Crippen LogP) is 1.64. The molecule has 0 bridgehead atoms. The van der Waals surface area contributed by atoms with Crippen LogP contribution in [0.1, 0.15) is 15.9 Å². The zero-order chi connectivity index (χ0) is 12.8. The van der Waals surface area contributed by atoms with Crippen molar-refractivity contribution in [2.24, 2.45) is 0 Å². The molecule has 2 aromatic rings. The number of nitrogens with zero attached hydrogens (tertiary/aromatic N) is 1. The van der Waals surface area contributed by atoms with E-state index in [9.17, 15) is 4.79 Å². The lowest BCUT2D eigenvalue weighted by Gasteiger charge is -2.04. The Labute approximate surface area is 106 Å². The van der Waals surface area contributed by atoms with Crippen LogP contribution in [0.25, 0.3) is 0 Å². The Kier molecular flexibility index (Phi) is 4.04. The van der Waals surface area contributed by atoms with Crippen LogP contribution in [-0.2, 0) is 6.54 Å². The number of ketones is 1. The molecule has 1 heterocycles. The maximum absolute atomic E-state index is 11.8. The highest BCUT2D eigenvalue weighted by Crippen LogP contribution is 2.05. The molecule has 0 amide bonds. The zero-order valence-corrected chi connectivity index (χ0v) is 9.97. The Morgan fingerprint density at radius 3 is 2.67 bits per heavy atom. The van der Waals surface area contributed by atoms with Gasteiger partial charge in [0.15, 0.2) is 5.78 Å². The smallest absolute Gasteiger partial charge is 0.176 e. The van der Waals surface area contributed by atoms with Crippen LogP contribution < -0.4 is 11.1 Å². The molecule has 1 aromatic carbocycles. The normalized spacial score (nSPS) is 10.2. The number of nitrogens with two attached hydrogens (primary N) is 1. The van der Waals surface area contributed by atoms with Gasteiger partial charge in [0.2, 0.25) is 0 Å². The summed E-state index contributed by atoms with van der Waals surface area (Å²) in [6, 6.07) is 10.8. The van der Waals surface area contributed by atoms with Gasteiger partial charge in [0.25, 0.3) is 0 Å². The molecule has 4 nitrogen and oxygen atoms in total. The molecule has 2 rings (SSSR count). The number of aromatic nitrogens is 1. The maximum atomic E-state index is 11.8. The molecular weight excluding hydrogens is 226 g/mol. The van der Waals surface area contributed by atoms with E-state index in [1.54, 1.807) is 36.7 Å². The Balaban J connectivity index is 1.84. The van der Waals surface area contributed by atoms with E-state index in [1.165, 1.54) is 0 Å². The van der Waals surface area contributed by atoms with Gasteiger partial charge in [0.1, 0.15) is 0 Å². The van der Waals surface area contributed by atoms with Crippen molar-refractivity contribution >= 4 is 11.5 Å². The molecule has 1 aromatic heterocycles. The highest BCUT2D eigenvalue weighted by molar-refractivity contribution is 5.97. The molecule has 92 valence electrons. The van der Waals surface area contributed by atoms with Crippen LogP contribution in [0.2, 0.25) is 0 Å². The third-order valence-corrected chi connectivity index (χ3v) is 2.57. The van der Waals surface area contributed by atoms with Gasteiger partial charge in [0.05, 0.1) is 6.54 Å². The van der Waals surface area contributed by atoms with Crippen LogP contribution in [0.15, 0.2) is 48.8 Å². The number of carbonyl (C=O) groups excluding carboxylic acids is 1. The van der Waals surface area contributed by atoms with Gasteiger partial charge in [-0.2, -0.15) is 0 Å². The van der Waals surface area contributed by atoms with Gasteiger partial charge in [-0.25, -0.2) is 0 Å². The molecule has 0 radical (unpaired) electrons. The lowest BCUT2D eigenvalue weighted by atomic mass is 10.1. The average molecular weight is 241 g/mol. The molecular formula is C14H15N3O. The van der Waals surface area contributed by atoms with E-state index in [4.69, 9.17) is 5.73 Å². The third kappa shape index (κ3) is 3.40. The second-order valence-corrected chi connectivity index (χ2v) is 4.01. The number of hydrogen-bond donors (Lipinski definition) is 2. The Morgan fingerprint density at radius 1 is 1.22 bits per heavy atom. The highest BCUT2D eigenvalue weighted by atomic mass is 16.1. The Hall–Kier alpha value is -2.20. The van der Waals surface area contributed by atoms with Crippen molar-refractivity contribution in [2.45, 2.75) is 6.54 Å². The SMILES string of the molecule is Nc1ccc(C(=O)CNCc2cccnc2)cc1. The van der Waals surface area contributed by atoms with E-state index < -0.39 is 0 Å². The van der Waals surface area contributed by atoms with Crippen molar-refractivity contribution < 1.29 is 4.79 Å². The number of benzene rings is 1. The molecule has 4 heteroatoms. The van der Waals surface area contributed by atoms with Crippen molar-refractivity contribution in [1.82, 2.24) is 10.3 Å². The first kappa shape index (κ1) is 12.3. The summed E-state index contributed by atoms with van der Waals surface area (Å²) >= 11 is 0. The van der Waals surface area contributed by atoms with Gasteiger partial charge in [-0.1, -0.05) is 6.07 Å². The van der Waals surface area contributed by atoms with Crippen LogP contribution >= 0.6 is 0 Å². The summed E-state index contributed by atoms with van der Waals surface area (Å²) in [6.07, 6.45) is 3.50. The maximum Gasteiger partial charge on any atom is 0.176 e. The van der Waals surface area contributed by atoms with Gasteiger partial charge < -0.3 is 11.1 Å². The molecule has 3 N–H and O–H groups in total. The molecule has 0 fully saturated rings. The number of Topliss-reactive ketones (excluding diaryl/α,β-unsaturated/α-hetero) is 1. The van der Waals surface area contributed by atoms with Gasteiger partial charge in [-0.3, -0.25) is 9.78 Å². The summed E-state index contributed by atoms with van der Waals surface area (Å²) in [5.41, 5.74) is 7.96. The monoisotopic (exact) mass is 241 g/mol. The molecule has 0 spiro atoms. The number of nitrogen functional groups attached to an aromatic ring is 1. The molecule has 0 saturated heterocycles. The molecule has 0 atom stereocenters. The second kappa shape index (κ2) is 5.93. The number of carbonyl (C=O) groups is 1. The van der Waals surface area contributed by atoms with E-state index in [-0.39, 0.29) is 5.78 Å². The lowest BCUT2D eigenvalue weighted by molar-refractivity contribution is 0.0991. The first-order valence-electron chi connectivity index (χ1n) is 5.74. The van der Waals surface area contributed by atoms with Crippen molar-refractivity contribution in [3.63, 3.8) is 0 Å². The second-order valence-electron chi connectivity index (χ2n) is 4.01.